The Labute approximate surface area is 165 Å². The molecule has 8 heteroatoms. The highest BCUT2D eigenvalue weighted by Gasteiger charge is 2.34. The van der Waals surface area contributed by atoms with Crippen molar-refractivity contribution in [2.45, 2.75) is 6.92 Å². The summed E-state index contributed by atoms with van der Waals surface area (Å²) in [5.74, 6) is 0.551. The van der Waals surface area contributed by atoms with Crippen LogP contribution in [0.1, 0.15) is 21.5 Å². The zero-order valence-corrected chi connectivity index (χ0v) is 15.9. The largest absolute Gasteiger partial charge is 0.454 e. The molecule has 136 valence electrons. The minimum Gasteiger partial charge on any atom is -0.454 e. The Hall–Kier alpha value is -2.84. The highest BCUT2D eigenvalue weighted by atomic mass is 32.2. The number of rotatable bonds is 3. The number of amides is 2. The maximum atomic E-state index is 12.7. The third kappa shape index (κ3) is 3.41. The van der Waals surface area contributed by atoms with Crippen LogP contribution < -0.4 is 14.9 Å². The van der Waals surface area contributed by atoms with Crippen molar-refractivity contribution >= 4 is 46.2 Å². The van der Waals surface area contributed by atoms with Crippen LogP contribution in [-0.2, 0) is 4.79 Å². The van der Waals surface area contributed by atoms with E-state index < -0.39 is 0 Å². The van der Waals surface area contributed by atoms with E-state index in [1.54, 1.807) is 30.3 Å². The smallest absolute Gasteiger partial charge is 0.285 e. The number of ether oxygens (including phenoxy) is 2. The number of thiocarbonyl (C=S) groups is 1. The number of carbonyl (C=O) groups is 2. The lowest BCUT2D eigenvalue weighted by atomic mass is 10.1. The fourth-order valence-electron chi connectivity index (χ4n) is 2.71. The minimum atomic E-state index is -0.381. The molecule has 0 aliphatic carbocycles. The Morgan fingerprint density at radius 1 is 1.22 bits per heavy atom. The SMILES string of the molecule is Cc1ccccc1C(=O)NN1C(=O)/C(=C\c2ccc3c(c2)OCO3)SC1=S. The molecule has 0 radical (unpaired) electrons. The molecular formula is C19H14N2O4S2. The van der Waals surface area contributed by atoms with Gasteiger partial charge in [0.1, 0.15) is 0 Å². The van der Waals surface area contributed by atoms with Crippen LogP contribution in [0.5, 0.6) is 11.5 Å². The van der Waals surface area contributed by atoms with E-state index in [4.69, 9.17) is 21.7 Å². The normalized spacial score (nSPS) is 16.9. The van der Waals surface area contributed by atoms with Gasteiger partial charge in [0, 0.05) is 5.56 Å². The molecule has 0 atom stereocenters. The predicted octanol–water partition coefficient (Wildman–Crippen LogP) is 3.27. The van der Waals surface area contributed by atoms with Gasteiger partial charge in [0.2, 0.25) is 6.79 Å². The van der Waals surface area contributed by atoms with Gasteiger partial charge in [-0.25, -0.2) is 0 Å². The maximum absolute atomic E-state index is 12.7. The van der Waals surface area contributed by atoms with Crippen LogP contribution >= 0.6 is 24.0 Å². The Kier molecular flexibility index (Phi) is 4.59. The molecular weight excluding hydrogens is 384 g/mol. The molecule has 0 unspecified atom stereocenters. The summed E-state index contributed by atoms with van der Waals surface area (Å²) in [6.07, 6.45) is 1.71. The first-order chi connectivity index (χ1) is 13.0. The number of fused-ring (bicyclic) bond motifs is 1. The molecule has 2 aliphatic rings. The van der Waals surface area contributed by atoms with Gasteiger partial charge in [-0.2, -0.15) is 5.01 Å². The zero-order chi connectivity index (χ0) is 19.0. The van der Waals surface area contributed by atoms with Crippen molar-refractivity contribution in [2.24, 2.45) is 0 Å². The van der Waals surface area contributed by atoms with E-state index in [1.807, 2.05) is 25.1 Å². The quantitative estimate of drug-likeness (QED) is 0.632. The number of hydrazine groups is 1. The van der Waals surface area contributed by atoms with Crippen LogP contribution in [0.2, 0.25) is 0 Å². The zero-order valence-electron chi connectivity index (χ0n) is 14.2. The van der Waals surface area contributed by atoms with Crippen LogP contribution in [0.25, 0.3) is 6.08 Å². The lowest BCUT2D eigenvalue weighted by molar-refractivity contribution is -0.123. The fourth-order valence-corrected chi connectivity index (χ4v) is 3.89. The third-order valence-corrected chi connectivity index (χ3v) is 5.39. The van der Waals surface area contributed by atoms with Gasteiger partial charge in [0.15, 0.2) is 15.8 Å². The standard InChI is InChI=1S/C19H14N2O4S2/c1-11-4-2-3-5-13(11)17(22)20-21-18(23)16(27-19(21)26)9-12-6-7-14-15(8-12)25-10-24-14/h2-9H,10H2,1H3,(H,20,22)/b16-9+. The van der Waals surface area contributed by atoms with Crippen molar-refractivity contribution in [1.82, 2.24) is 10.4 Å². The van der Waals surface area contributed by atoms with Gasteiger partial charge in [0.25, 0.3) is 11.8 Å². The van der Waals surface area contributed by atoms with Crippen LogP contribution in [0.15, 0.2) is 47.4 Å². The van der Waals surface area contributed by atoms with Crippen molar-refractivity contribution in [3.63, 3.8) is 0 Å². The first-order valence-corrected chi connectivity index (χ1v) is 9.29. The van der Waals surface area contributed by atoms with Gasteiger partial charge >= 0.3 is 0 Å². The fraction of sp³-hybridized carbons (Fsp3) is 0.105. The van der Waals surface area contributed by atoms with Crippen molar-refractivity contribution < 1.29 is 19.1 Å². The summed E-state index contributed by atoms with van der Waals surface area (Å²) < 4.78 is 10.9. The summed E-state index contributed by atoms with van der Waals surface area (Å²) in [4.78, 5) is 25.6. The van der Waals surface area contributed by atoms with Gasteiger partial charge < -0.3 is 9.47 Å². The van der Waals surface area contributed by atoms with Gasteiger partial charge in [0.05, 0.1) is 4.91 Å². The molecule has 1 saturated heterocycles. The number of benzene rings is 2. The van der Waals surface area contributed by atoms with Gasteiger partial charge in [-0.05, 0) is 54.5 Å². The van der Waals surface area contributed by atoms with Crippen molar-refractivity contribution in [2.75, 3.05) is 6.79 Å². The van der Waals surface area contributed by atoms with E-state index in [-0.39, 0.29) is 22.9 Å². The van der Waals surface area contributed by atoms with E-state index in [0.29, 0.717) is 22.0 Å². The van der Waals surface area contributed by atoms with Crippen molar-refractivity contribution in [3.8, 4) is 11.5 Å². The summed E-state index contributed by atoms with van der Waals surface area (Å²) in [6, 6.07) is 12.6. The molecule has 1 N–H and O–H groups in total. The molecule has 2 amide bonds. The number of nitrogens with zero attached hydrogens (tertiary/aromatic N) is 1. The second kappa shape index (κ2) is 7.05. The highest BCUT2D eigenvalue weighted by Crippen LogP contribution is 2.36. The lowest BCUT2D eigenvalue weighted by Gasteiger charge is -2.16. The second-order valence-electron chi connectivity index (χ2n) is 5.89. The summed E-state index contributed by atoms with van der Waals surface area (Å²) in [5.41, 5.74) is 4.68. The molecule has 2 aliphatic heterocycles. The summed E-state index contributed by atoms with van der Waals surface area (Å²) in [5, 5.41) is 1.10. The molecule has 2 heterocycles. The van der Waals surface area contributed by atoms with E-state index in [0.717, 1.165) is 27.9 Å². The monoisotopic (exact) mass is 398 g/mol. The molecule has 1 fully saturated rings. The number of thioether (sulfide) groups is 1. The number of hydrogen-bond acceptors (Lipinski definition) is 6. The molecule has 6 nitrogen and oxygen atoms in total. The summed E-state index contributed by atoms with van der Waals surface area (Å²) in [6.45, 7) is 2.02. The average molecular weight is 398 g/mol. The second-order valence-corrected chi connectivity index (χ2v) is 7.56. The molecule has 2 aromatic rings. The van der Waals surface area contributed by atoms with E-state index in [2.05, 4.69) is 5.43 Å². The van der Waals surface area contributed by atoms with Crippen molar-refractivity contribution in [1.29, 1.82) is 0 Å². The number of carbonyl (C=O) groups excluding carboxylic acids is 2. The van der Waals surface area contributed by atoms with Crippen LogP contribution in [-0.4, -0.2) is 27.9 Å². The lowest BCUT2D eigenvalue weighted by Crippen LogP contribution is -2.45. The first-order valence-electron chi connectivity index (χ1n) is 8.07. The highest BCUT2D eigenvalue weighted by molar-refractivity contribution is 8.26. The van der Waals surface area contributed by atoms with Crippen molar-refractivity contribution in [3.05, 3.63) is 64.1 Å². The number of nitrogens with one attached hydrogen (secondary N) is 1. The average Bonchev–Trinajstić information content (AvgIpc) is 3.22. The van der Waals surface area contributed by atoms with E-state index in [1.165, 1.54) is 0 Å². The molecule has 0 aromatic heterocycles. The molecule has 4 rings (SSSR count). The van der Waals surface area contributed by atoms with E-state index in [9.17, 15) is 9.59 Å². The summed E-state index contributed by atoms with van der Waals surface area (Å²) in [7, 11) is 0. The number of hydrogen-bond donors (Lipinski definition) is 1. The van der Waals surface area contributed by atoms with E-state index >= 15 is 0 Å². The van der Waals surface area contributed by atoms with Gasteiger partial charge in [-0.1, -0.05) is 36.0 Å². The van der Waals surface area contributed by atoms with Gasteiger partial charge in [-0.3, -0.25) is 15.0 Å². The van der Waals surface area contributed by atoms with Gasteiger partial charge in [-0.15, -0.1) is 0 Å². The molecule has 0 bridgehead atoms. The molecule has 2 aromatic carbocycles. The Bertz CT molecular complexity index is 1000. The third-order valence-electron chi connectivity index (χ3n) is 4.09. The first kappa shape index (κ1) is 17.6. The minimum absolute atomic E-state index is 0.186. The van der Waals surface area contributed by atoms with Crippen LogP contribution in [0, 0.1) is 6.92 Å². The maximum Gasteiger partial charge on any atom is 0.285 e. The number of aryl methyl sites for hydroxylation is 1. The van der Waals surface area contributed by atoms with Crippen LogP contribution in [0.4, 0.5) is 0 Å². The Balaban J connectivity index is 1.53. The Morgan fingerprint density at radius 3 is 2.81 bits per heavy atom. The summed E-state index contributed by atoms with van der Waals surface area (Å²) >= 11 is 6.39. The predicted molar refractivity (Wildman–Crippen MR) is 106 cm³/mol. The Morgan fingerprint density at radius 2 is 2.00 bits per heavy atom. The molecule has 0 saturated carbocycles. The van der Waals surface area contributed by atoms with Crippen LogP contribution in [0.3, 0.4) is 0 Å². The molecule has 27 heavy (non-hydrogen) atoms. The molecule has 0 spiro atoms. The topological polar surface area (TPSA) is 67.9 Å².